The average Bonchev–Trinajstić information content (AvgIpc) is 2.96. The molecule has 5 heteroatoms. The number of nitrogens with one attached hydrogen (secondary N) is 1. The van der Waals surface area contributed by atoms with Gasteiger partial charge in [0.05, 0.1) is 14.2 Å². The van der Waals surface area contributed by atoms with Gasteiger partial charge in [-0.15, -0.1) is 0 Å². The van der Waals surface area contributed by atoms with E-state index in [1.807, 2.05) is 48.5 Å². The SMILES string of the molecule is COc1cccc(/C=C2/N=C(c3cccc(OC)c3)NC2=O)c1. The number of amidine groups is 1. The molecule has 0 spiro atoms. The van der Waals surface area contributed by atoms with Crippen molar-refractivity contribution in [2.24, 2.45) is 4.99 Å². The zero-order valence-electron chi connectivity index (χ0n) is 12.9. The third-order valence-corrected chi connectivity index (χ3v) is 3.44. The molecule has 3 rings (SSSR count). The minimum absolute atomic E-state index is 0.231. The molecule has 0 unspecified atom stereocenters. The smallest absolute Gasteiger partial charge is 0.275 e. The van der Waals surface area contributed by atoms with Crippen LogP contribution in [0.2, 0.25) is 0 Å². The Morgan fingerprint density at radius 2 is 1.70 bits per heavy atom. The highest BCUT2D eigenvalue weighted by atomic mass is 16.5. The molecule has 0 aromatic heterocycles. The van der Waals surface area contributed by atoms with Crippen LogP contribution in [0.4, 0.5) is 0 Å². The zero-order valence-corrected chi connectivity index (χ0v) is 12.9. The topological polar surface area (TPSA) is 59.9 Å². The molecule has 0 bridgehead atoms. The number of rotatable bonds is 4. The number of nitrogens with zero attached hydrogens (tertiary/aromatic N) is 1. The Bertz CT molecular complexity index is 809. The minimum atomic E-state index is -0.231. The number of methoxy groups -OCH3 is 2. The molecule has 5 nitrogen and oxygen atoms in total. The highest BCUT2D eigenvalue weighted by molar-refractivity contribution is 6.19. The number of hydrogen-bond acceptors (Lipinski definition) is 4. The van der Waals surface area contributed by atoms with E-state index in [4.69, 9.17) is 9.47 Å². The first-order chi connectivity index (χ1) is 11.2. The molecule has 2 aromatic carbocycles. The molecule has 0 radical (unpaired) electrons. The first kappa shape index (κ1) is 14.8. The Morgan fingerprint density at radius 1 is 1.00 bits per heavy atom. The van der Waals surface area contributed by atoms with E-state index in [0.29, 0.717) is 17.3 Å². The lowest BCUT2D eigenvalue weighted by atomic mass is 10.2. The van der Waals surface area contributed by atoms with Gasteiger partial charge < -0.3 is 14.8 Å². The maximum absolute atomic E-state index is 12.1. The van der Waals surface area contributed by atoms with Crippen molar-refractivity contribution in [2.45, 2.75) is 0 Å². The van der Waals surface area contributed by atoms with E-state index >= 15 is 0 Å². The fraction of sp³-hybridized carbons (Fsp3) is 0.111. The lowest BCUT2D eigenvalue weighted by molar-refractivity contribution is -0.115. The summed E-state index contributed by atoms with van der Waals surface area (Å²) >= 11 is 0. The summed E-state index contributed by atoms with van der Waals surface area (Å²) in [4.78, 5) is 16.5. The number of hydrogen-bond donors (Lipinski definition) is 1. The van der Waals surface area contributed by atoms with Gasteiger partial charge in [0.25, 0.3) is 5.91 Å². The van der Waals surface area contributed by atoms with Gasteiger partial charge in [-0.25, -0.2) is 4.99 Å². The number of benzene rings is 2. The molecule has 116 valence electrons. The van der Waals surface area contributed by atoms with Crippen LogP contribution in [-0.4, -0.2) is 26.0 Å². The van der Waals surface area contributed by atoms with Gasteiger partial charge in [-0.3, -0.25) is 4.79 Å². The van der Waals surface area contributed by atoms with E-state index in [2.05, 4.69) is 10.3 Å². The van der Waals surface area contributed by atoms with Crippen LogP contribution in [0, 0.1) is 0 Å². The number of carbonyl (C=O) groups is 1. The standard InChI is InChI=1S/C18H16N2O3/c1-22-14-7-3-5-12(9-14)10-16-18(21)20-17(19-16)13-6-4-8-15(11-13)23-2/h3-11H,1-2H3,(H,19,20,21)/b16-10+. The van der Waals surface area contributed by atoms with Gasteiger partial charge in [0.2, 0.25) is 0 Å². The van der Waals surface area contributed by atoms with Gasteiger partial charge >= 0.3 is 0 Å². The largest absolute Gasteiger partial charge is 0.497 e. The fourth-order valence-electron chi connectivity index (χ4n) is 2.26. The van der Waals surface area contributed by atoms with Crippen molar-refractivity contribution in [3.05, 3.63) is 65.4 Å². The van der Waals surface area contributed by atoms with Crippen LogP contribution >= 0.6 is 0 Å². The number of aliphatic imine (C=N–C) groups is 1. The third-order valence-electron chi connectivity index (χ3n) is 3.44. The molecule has 0 saturated heterocycles. The fourth-order valence-corrected chi connectivity index (χ4v) is 2.26. The molecule has 1 amide bonds. The highest BCUT2D eigenvalue weighted by Crippen LogP contribution is 2.20. The lowest BCUT2D eigenvalue weighted by Gasteiger charge is -2.03. The average molecular weight is 308 g/mol. The van der Waals surface area contributed by atoms with E-state index < -0.39 is 0 Å². The summed E-state index contributed by atoms with van der Waals surface area (Å²) in [5.74, 6) is 1.73. The number of amides is 1. The molecule has 1 aliphatic heterocycles. The molecule has 1 N–H and O–H groups in total. The molecule has 0 saturated carbocycles. The predicted octanol–water partition coefficient (Wildman–Crippen LogP) is 2.62. The van der Waals surface area contributed by atoms with Crippen molar-refractivity contribution in [3.63, 3.8) is 0 Å². The quantitative estimate of drug-likeness (QED) is 0.883. The van der Waals surface area contributed by atoms with Crippen LogP contribution < -0.4 is 14.8 Å². The Morgan fingerprint density at radius 3 is 2.43 bits per heavy atom. The summed E-state index contributed by atoms with van der Waals surface area (Å²) in [5, 5.41) is 2.78. The molecule has 0 fully saturated rings. The molecule has 1 aliphatic rings. The monoisotopic (exact) mass is 308 g/mol. The van der Waals surface area contributed by atoms with Crippen molar-refractivity contribution < 1.29 is 14.3 Å². The third kappa shape index (κ3) is 3.23. The van der Waals surface area contributed by atoms with Crippen molar-refractivity contribution in [1.82, 2.24) is 5.32 Å². The molecule has 0 aliphatic carbocycles. The van der Waals surface area contributed by atoms with E-state index in [0.717, 1.165) is 16.9 Å². The van der Waals surface area contributed by atoms with E-state index in [1.54, 1.807) is 20.3 Å². The van der Waals surface area contributed by atoms with Gasteiger partial charge in [-0.1, -0.05) is 24.3 Å². The molecule has 23 heavy (non-hydrogen) atoms. The maximum Gasteiger partial charge on any atom is 0.275 e. The highest BCUT2D eigenvalue weighted by Gasteiger charge is 2.21. The summed E-state index contributed by atoms with van der Waals surface area (Å²) in [7, 11) is 3.20. The van der Waals surface area contributed by atoms with Crippen LogP contribution in [0.25, 0.3) is 6.08 Å². The second kappa shape index (κ2) is 6.36. The van der Waals surface area contributed by atoms with E-state index in [1.165, 1.54) is 0 Å². The van der Waals surface area contributed by atoms with Crippen LogP contribution in [0.3, 0.4) is 0 Å². The van der Waals surface area contributed by atoms with E-state index in [-0.39, 0.29) is 5.91 Å². The summed E-state index contributed by atoms with van der Waals surface area (Å²) < 4.78 is 10.4. The molecule has 1 heterocycles. The number of carbonyl (C=O) groups excluding carboxylic acids is 1. The Hall–Kier alpha value is -3.08. The Labute approximate surface area is 134 Å². The molecular formula is C18H16N2O3. The Balaban J connectivity index is 1.92. The van der Waals surface area contributed by atoms with Crippen LogP contribution in [0.5, 0.6) is 11.5 Å². The van der Waals surface area contributed by atoms with Gasteiger partial charge in [-0.05, 0) is 35.9 Å². The summed E-state index contributed by atoms with van der Waals surface area (Å²) in [6, 6.07) is 14.8. The summed E-state index contributed by atoms with van der Waals surface area (Å²) in [5.41, 5.74) is 2.01. The second-order valence-corrected chi connectivity index (χ2v) is 4.95. The van der Waals surface area contributed by atoms with Crippen LogP contribution in [0.15, 0.2) is 59.2 Å². The van der Waals surface area contributed by atoms with Gasteiger partial charge in [0, 0.05) is 5.56 Å². The second-order valence-electron chi connectivity index (χ2n) is 4.95. The normalized spacial score (nSPS) is 15.3. The van der Waals surface area contributed by atoms with Crippen molar-refractivity contribution >= 4 is 17.8 Å². The summed E-state index contributed by atoms with van der Waals surface area (Å²) in [6.45, 7) is 0. The number of ether oxygens (including phenoxy) is 2. The molecule has 0 atom stereocenters. The van der Waals surface area contributed by atoms with Gasteiger partial charge in [-0.2, -0.15) is 0 Å². The van der Waals surface area contributed by atoms with Gasteiger partial charge in [0.15, 0.2) is 0 Å². The first-order valence-electron chi connectivity index (χ1n) is 7.10. The maximum atomic E-state index is 12.1. The van der Waals surface area contributed by atoms with Crippen molar-refractivity contribution in [2.75, 3.05) is 14.2 Å². The Kier molecular flexibility index (Phi) is 4.10. The van der Waals surface area contributed by atoms with Gasteiger partial charge in [0.1, 0.15) is 23.0 Å². The van der Waals surface area contributed by atoms with Crippen LogP contribution in [-0.2, 0) is 4.79 Å². The first-order valence-corrected chi connectivity index (χ1v) is 7.10. The van der Waals surface area contributed by atoms with Crippen molar-refractivity contribution in [1.29, 1.82) is 0 Å². The van der Waals surface area contributed by atoms with Crippen molar-refractivity contribution in [3.8, 4) is 11.5 Å². The minimum Gasteiger partial charge on any atom is -0.497 e. The lowest BCUT2D eigenvalue weighted by Crippen LogP contribution is -2.24. The molecular weight excluding hydrogens is 292 g/mol. The van der Waals surface area contributed by atoms with Crippen LogP contribution in [0.1, 0.15) is 11.1 Å². The zero-order chi connectivity index (χ0) is 16.2. The summed E-state index contributed by atoms with van der Waals surface area (Å²) in [6.07, 6.45) is 1.73. The predicted molar refractivity (Wildman–Crippen MR) is 88.6 cm³/mol. The molecule has 2 aromatic rings. The van der Waals surface area contributed by atoms with E-state index in [9.17, 15) is 4.79 Å².